The number of aromatic nitrogens is 1. The van der Waals surface area contributed by atoms with E-state index in [-0.39, 0.29) is 17.3 Å². The molecular weight excluding hydrogens is 274 g/mol. The van der Waals surface area contributed by atoms with Crippen LogP contribution in [0.4, 0.5) is 5.69 Å². The quantitative estimate of drug-likeness (QED) is 0.430. The van der Waals surface area contributed by atoms with Gasteiger partial charge in [0.05, 0.1) is 17.7 Å². The lowest BCUT2D eigenvalue weighted by atomic mass is 10.3. The Morgan fingerprint density at radius 3 is 2.74 bits per heavy atom. The molecule has 19 heavy (non-hydrogen) atoms. The number of methoxy groups -OCH3 is 1. The lowest BCUT2D eigenvalue weighted by Crippen LogP contribution is -2.36. The highest BCUT2D eigenvalue weighted by Gasteiger charge is 2.22. The van der Waals surface area contributed by atoms with Gasteiger partial charge in [-0.05, 0) is 0 Å². The molecule has 0 aromatic carbocycles. The molecule has 0 aliphatic carbocycles. The molecule has 1 aromatic heterocycles. The Morgan fingerprint density at radius 1 is 1.58 bits per heavy atom. The van der Waals surface area contributed by atoms with E-state index in [9.17, 15) is 14.9 Å². The molecule has 0 aliphatic rings. The number of hydrogen-bond donors (Lipinski definition) is 0. The summed E-state index contributed by atoms with van der Waals surface area (Å²) in [5, 5.41) is 10.7. The Balaban J connectivity index is 2.92. The highest BCUT2D eigenvalue weighted by atomic mass is 35.5. The molecule has 0 aliphatic heterocycles. The molecule has 0 bridgehead atoms. The summed E-state index contributed by atoms with van der Waals surface area (Å²) in [5.41, 5.74) is 0.149. The fourth-order valence-corrected chi connectivity index (χ4v) is 1.84. The van der Waals surface area contributed by atoms with Gasteiger partial charge in [0.15, 0.2) is 0 Å². The van der Waals surface area contributed by atoms with Crippen LogP contribution >= 0.6 is 11.6 Å². The predicted octanol–water partition coefficient (Wildman–Crippen LogP) is 1.26. The number of halogens is 1. The van der Waals surface area contributed by atoms with E-state index in [0.717, 1.165) is 0 Å². The lowest BCUT2D eigenvalue weighted by molar-refractivity contribution is -0.384. The standard InChI is InChI=1S/C11H16ClN3O4/c1-13-8-9(15(17)18)7-10(13)11(16)14(4-3-12)5-6-19-2/h7-8H,3-6H2,1-2H3. The zero-order valence-electron chi connectivity index (χ0n) is 10.8. The van der Waals surface area contributed by atoms with E-state index < -0.39 is 4.92 Å². The van der Waals surface area contributed by atoms with Gasteiger partial charge in [0.2, 0.25) is 0 Å². The average molecular weight is 290 g/mol. The van der Waals surface area contributed by atoms with Crippen molar-refractivity contribution >= 4 is 23.2 Å². The zero-order valence-corrected chi connectivity index (χ0v) is 11.6. The fourth-order valence-electron chi connectivity index (χ4n) is 1.64. The van der Waals surface area contributed by atoms with Crippen LogP contribution < -0.4 is 0 Å². The predicted molar refractivity (Wildman–Crippen MR) is 70.6 cm³/mol. The first-order valence-electron chi connectivity index (χ1n) is 5.66. The Bertz CT molecular complexity index is 461. The zero-order chi connectivity index (χ0) is 14.4. The van der Waals surface area contributed by atoms with E-state index >= 15 is 0 Å². The van der Waals surface area contributed by atoms with E-state index in [1.807, 2.05) is 0 Å². The molecule has 7 nitrogen and oxygen atoms in total. The number of nitro groups is 1. The number of nitrogens with zero attached hydrogens (tertiary/aromatic N) is 3. The fraction of sp³-hybridized carbons (Fsp3) is 0.545. The second kappa shape index (κ2) is 7.10. The average Bonchev–Trinajstić information content (AvgIpc) is 2.76. The van der Waals surface area contributed by atoms with Crippen molar-refractivity contribution in [2.24, 2.45) is 7.05 Å². The minimum Gasteiger partial charge on any atom is -0.383 e. The van der Waals surface area contributed by atoms with Crippen molar-refractivity contribution in [1.82, 2.24) is 9.47 Å². The van der Waals surface area contributed by atoms with Crippen molar-refractivity contribution in [1.29, 1.82) is 0 Å². The van der Waals surface area contributed by atoms with Crippen LogP contribution in [0.15, 0.2) is 12.3 Å². The highest BCUT2D eigenvalue weighted by molar-refractivity contribution is 6.18. The van der Waals surface area contributed by atoms with Crippen LogP contribution in [0.1, 0.15) is 10.5 Å². The molecule has 0 saturated heterocycles. The molecule has 0 spiro atoms. The first-order valence-corrected chi connectivity index (χ1v) is 6.19. The summed E-state index contributed by atoms with van der Waals surface area (Å²) in [5.74, 6) is -0.00425. The van der Waals surface area contributed by atoms with Gasteiger partial charge >= 0.3 is 0 Å². The first-order chi connectivity index (χ1) is 9.01. The number of amides is 1. The molecule has 1 aromatic rings. The Morgan fingerprint density at radius 2 is 2.26 bits per heavy atom. The third-order valence-electron chi connectivity index (χ3n) is 2.63. The summed E-state index contributed by atoms with van der Waals surface area (Å²) in [4.78, 5) is 23.9. The summed E-state index contributed by atoms with van der Waals surface area (Å²) < 4.78 is 6.37. The number of rotatable bonds is 7. The van der Waals surface area contributed by atoms with Crippen LogP contribution in [0.3, 0.4) is 0 Å². The molecule has 0 radical (unpaired) electrons. The molecule has 0 unspecified atom stereocenters. The van der Waals surface area contributed by atoms with Gasteiger partial charge in [-0.15, -0.1) is 11.6 Å². The van der Waals surface area contributed by atoms with Crippen LogP contribution in [-0.4, -0.2) is 53.0 Å². The maximum Gasteiger partial charge on any atom is 0.287 e. The van der Waals surface area contributed by atoms with E-state index in [2.05, 4.69) is 0 Å². The maximum absolute atomic E-state index is 12.3. The minimum atomic E-state index is -0.530. The van der Waals surface area contributed by atoms with Gasteiger partial charge < -0.3 is 14.2 Å². The van der Waals surface area contributed by atoms with Crippen molar-refractivity contribution in [2.45, 2.75) is 0 Å². The third kappa shape index (κ3) is 3.93. The molecule has 1 rings (SSSR count). The summed E-state index contributed by atoms with van der Waals surface area (Å²) in [7, 11) is 3.13. The summed E-state index contributed by atoms with van der Waals surface area (Å²) in [6.07, 6.45) is 1.31. The molecule has 0 saturated carbocycles. The second-order valence-electron chi connectivity index (χ2n) is 3.93. The van der Waals surface area contributed by atoms with E-state index in [4.69, 9.17) is 16.3 Å². The Kier molecular flexibility index (Phi) is 5.78. The minimum absolute atomic E-state index is 0.108. The Hall–Kier alpha value is -1.60. The number of carbonyl (C=O) groups excluding carboxylic acids is 1. The summed E-state index contributed by atoms with van der Waals surface area (Å²) in [6.45, 7) is 1.14. The van der Waals surface area contributed by atoms with Crippen LogP contribution in [0.2, 0.25) is 0 Å². The molecule has 106 valence electrons. The van der Waals surface area contributed by atoms with E-state index in [1.54, 1.807) is 7.05 Å². The normalized spacial score (nSPS) is 10.5. The smallest absolute Gasteiger partial charge is 0.287 e. The number of hydrogen-bond acceptors (Lipinski definition) is 4. The second-order valence-corrected chi connectivity index (χ2v) is 4.30. The van der Waals surface area contributed by atoms with Gasteiger partial charge in [-0.3, -0.25) is 14.9 Å². The van der Waals surface area contributed by atoms with Gasteiger partial charge in [0, 0.05) is 39.2 Å². The number of carbonyl (C=O) groups is 1. The van der Waals surface area contributed by atoms with Crippen molar-refractivity contribution in [3.8, 4) is 0 Å². The van der Waals surface area contributed by atoms with Crippen LogP contribution in [0.25, 0.3) is 0 Å². The van der Waals surface area contributed by atoms with Crippen molar-refractivity contribution in [3.05, 3.63) is 28.1 Å². The largest absolute Gasteiger partial charge is 0.383 e. The number of ether oxygens (including phenoxy) is 1. The lowest BCUT2D eigenvalue weighted by Gasteiger charge is -2.21. The third-order valence-corrected chi connectivity index (χ3v) is 2.80. The van der Waals surface area contributed by atoms with Crippen LogP contribution in [-0.2, 0) is 11.8 Å². The topological polar surface area (TPSA) is 77.6 Å². The molecule has 0 fully saturated rings. The molecule has 8 heteroatoms. The number of aryl methyl sites for hydroxylation is 1. The molecule has 0 atom stereocenters. The highest BCUT2D eigenvalue weighted by Crippen LogP contribution is 2.16. The maximum atomic E-state index is 12.3. The number of alkyl halides is 1. The van der Waals surface area contributed by atoms with E-state index in [0.29, 0.717) is 25.6 Å². The van der Waals surface area contributed by atoms with Crippen LogP contribution in [0.5, 0.6) is 0 Å². The van der Waals surface area contributed by atoms with Crippen molar-refractivity contribution in [2.75, 3.05) is 32.7 Å². The van der Waals surface area contributed by atoms with Gasteiger partial charge in [0.1, 0.15) is 5.69 Å². The van der Waals surface area contributed by atoms with Gasteiger partial charge in [-0.1, -0.05) is 0 Å². The van der Waals surface area contributed by atoms with Crippen molar-refractivity contribution in [3.63, 3.8) is 0 Å². The monoisotopic (exact) mass is 289 g/mol. The van der Waals surface area contributed by atoms with E-state index in [1.165, 1.54) is 28.8 Å². The van der Waals surface area contributed by atoms with Crippen molar-refractivity contribution < 1.29 is 14.5 Å². The SMILES string of the molecule is COCCN(CCCl)C(=O)c1cc([N+](=O)[O-])cn1C. The summed E-state index contributed by atoms with van der Waals surface area (Å²) >= 11 is 5.65. The van der Waals surface area contributed by atoms with Gasteiger partial charge in [-0.25, -0.2) is 0 Å². The summed E-state index contributed by atoms with van der Waals surface area (Å²) in [6, 6.07) is 1.26. The first kappa shape index (κ1) is 15.5. The molecular formula is C11H16ClN3O4. The van der Waals surface area contributed by atoms with Gasteiger partial charge in [-0.2, -0.15) is 0 Å². The molecule has 1 heterocycles. The Labute approximate surface area is 115 Å². The molecule has 0 N–H and O–H groups in total. The van der Waals surface area contributed by atoms with Gasteiger partial charge in [0.25, 0.3) is 11.6 Å². The molecule has 1 amide bonds. The van der Waals surface area contributed by atoms with Crippen LogP contribution in [0, 0.1) is 10.1 Å².